The molecule has 0 saturated heterocycles. The molecule has 4 heteroatoms. The minimum Gasteiger partial charge on any atom is -0.338 e. The summed E-state index contributed by atoms with van der Waals surface area (Å²) in [6.45, 7) is 6.25. The normalized spacial score (nSPS) is 10.9. The Morgan fingerprint density at radius 1 is 1.50 bits per heavy atom. The summed E-state index contributed by atoms with van der Waals surface area (Å²) in [5, 5.41) is 0. The molecule has 0 fully saturated rings. The zero-order valence-corrected chi connectivity index (χ0v) is 12.6. The Kier molecular flexibility index (Phi) is 4.99. The first-order valence-electron chi connectivity index (χ1n) is 5.54. The fourth-order valence-electron chi connectivity index (χ4n) is 1.74. The number of aryl methyl sites for hydroxylation is 1. The zero-order chi connectivity index (χ0) is 12.3. The Bertz CT molecular complexity index is 352. The van der Waals surface area contributed by atoms with Crippen molar-refractivity contribution in [1.82, 2.24) is 4.90 Å². The van der Waals surface area contributed by atoms with Crippen LogP contribution in [0.25, 0.3) is 0 Å². The highest BCUT2D eigenvalue weighted by atomic mass is 79.9. The number of nitrogens with zero attached hydrogens (tertiary/aromatic N) is 1. The van der Waals surface area contributed by atoms with Crippen LogP contribution >= 0.6 is 27.3 Å². The maximum Gasteiger partial charge on any atom is 0.263 e. The molecule has 0 atom stereocenters. The van der Waals surface area contributed by atoms with Gasteiger partial charge in [-0.25, -0.2) is 0 Å². The molecule has 1 heterocycles. The van der Waals surface area contributed by atoms with Gasteiger partial charge in [-0.15, -0.1) is 11.3 Å². The summed E-state index contributed by atoms with van der Waals surface area (Å²) in [7, 11) is 1.89. The SMILES string of the molecule is CCC(CC)N(C)C(=O)c1cc(C)c(Br)s1. The molecule has 0 aromatic carbocycles. The van der Waals surface area contributed by atoms with Crippen LogP contribution < -0.4 is 0 Å². The first-order valence-corrected chi connectivity index (χ1v) is 7.15. The maximum absolute atomic E-state index is 12.2. The van der Waals surface area contributed by atoms with E-state index in [2.05, 4.69) is 29.8 Å². The van der Waals surface area contributed by atoms with Crippen LogP contribution in [0.2, 0.25) is 0 Å². The Morgan fingerprint density at radius 3 is 2.44 bits per heavy atom. The fourth-order valence-corrected chi connectivity index (χ4v) is 3.26. The van der Waals surface area contributed by atoms with Crippen molar-refractivity contribution < 1.29 is 4.79 Å². The van der Waals surface area contributed by atoms with Crippen LogP contribution in [0.3, 0.4) is 0 Å². The zero-order valence-electron chi connectivity index (χ0n) is 10.2. The lowest BCUT2D eigenvalue weighted by atomic mass is 10.1. The smallest absolute Gasteiger partial charge is 0.263 e. The van der Waals surface area contributed by atoms with Crippen molar-refractivity contribution in [3.8, 4) is 0 Å². The monoisotopic (exact) mass is 303 g/mol. The third-order valence-corrected chi connectivity index (χ3v) is 5.00. The van der Waals surface area contributed by atoms with E-state index in [1.807, 2.05) is 24.9 Å². The summed E-state index contributed by atoms with van der Waals surface area (Å²) in [5.74, 6) is 0.132. The van der Waals surface area contributed by atoms with E-state index >= 15 is 0 Å². The largest absolute Gasteiger partial charge is 0.338 e. The first-order chi connectivity index (χ1) is 7.51. The van der Waals surface area contributed by atoms with Crippen LogP contribution in [-0.4, -0.2) is 23.9 Å². The van der Waals surface area contributed by atoms with Crippen molar-refractivity contribution >= 4 is 33.2 Å². The van der Waals surface area contributed by atoms with Crippen molar-refractivity contribution in [2.45, 2.75) is 39.7 Å². The van der Waals surface area contributed by atoms with Crippen molar-refractivity contribution in [3.05, 3.63) is 20.3 Å². The Balaban J connectivity index is 2.85. The quantitative estimate of drug-likeness (QED) is 0.821. The van der Waals surface area contributed by atoms with Gasteiger partial charge < -0.3 is 4.90 Å². The van der Waals surface area contributed by atoms with Crippen LogP contribution in [0.1, 0.15) is 41.9 Å². The van der Waals surface area contributed by atoms with Gasteiger partial charge >= 0.3 is 0 Å². The highest BCUT2D eigenvalue weighted by Gasteiger charge is 2.20. The van der Waals surface area contributed by atoms with Crippen LogP contribution in [0, 0.1) is 6.92 Å². The van der Waals surface area contributed by atoms with Gasteiger partial charge in [0, 0.05) is 13.1 Å². The minimum absolute atomic E-state index is 0.132. The second-order valence-electron chi connectivity index (χ2n) is 3.95. The fraction of sp³-hybridized carbons (Fsp3) is 0.583. The number of hydrogen-bond donors (Lipinski definition) is 0. The van der Waals surface area contributed by atoms with Crippen LogP contribution in [-0.2, 0) is 0 Å². The molecule has 0 unspecified atom stereocenters. The van der Waals surface area contributed by atoms with E-state index in [1.165, 1.54) is 11.3 Å². The van der Waals surface area contributed by atoms with Gasteiger partial charge in [-0.3, -0.25) is 4.79 Å². The molecule has 0 aliphatic carbocycles. The number of halogens is 1. The van der Waals surface area contributed by atoms with Crippen LogP contribution in [0.5, 0.6) is 0 Å². The maximum atomic E-state index is 12.2. The van der Waals surface area contributed by atoms with E-state index in [-0.39, 0.29) is 5.91 Å². The van der Waals surface area contributed by atoms with E-state index in [4.69, 9.17) is 0 Å². The molecule has 0 saturated carbocycles. The minimum atomic E-state index is 0.132. The molecule has 1 amide bonds. The van der Waals surface area contributed by atoms with Crippen LogP contribution in [0.15, 0.2) is 9.85 Å². The summed E-state index contributed by atoms with van der Waals surface area (Å²) < 4.78 is 1.05. The summed E-state index contributed by atoms with van der Waals surface area (Å²) >= 11 is 4.97. The molecule has 90 valence electrons. The average Bonchev–Trinajstić information content (AvgIpc) is 2.59. The predicted octanol–water partition coefficient (Wildman–Crippen LogP) is 4.08. The predicted molar refractivity (Wildman–Crippen MR) is 73.2 cm³/mol. The molecule has 1 aromatic heterocycles. The molecule has 1 rings (SSSR count). The van der Waals surface area contributed by atoms with Gasteiger partial charge in [0.05, 0.1) is 8.66 Å². The summed E-state index contributed by atoms with van der Waals surface area (Å²) in [6, 6.07) is 2.30. The van der Waals surface area contributed by atoms with E-state index in [1.54, 1.807) is 0 Å². The Morgan fingerprint density at radius 2 is 2.06 bits per heavy atom. The van der Waals surface area contributed by atoms with Crippen LogP contribution in [0.4, 0.5) is 0 Å². The summed E-state index contributed by atoms with van der Waals surface area (Å²) in [5.41, 5.74) is 1.13. The van der Waals surface area contributed by atoms with Gasteiger partial charge in [0.15, 0.2) is 0 Å². The number of rotatable bonds is 4. The molecule has 0 aliphatic rings. The van der Waals surface area contributed by atoms with Gasteiger partial charge in [0.25, 0.3) is 5.91 Å². The van der Waals surface area contributed by atoms with Gasteiger partial charge in [0.2, 0.25) is 0 Å². The average molecular weight is 304 g/mol. The van der Waals surface area contributed by atoms with Crippen molar-refractivity contribution in [1.29, 1.82) is 0 Å². The standard InChI is InChI=1S/C12H18BrNOS/c1-5-9(6-2)14(4)12(15)10-7-8(3)11(13)16-10/h7,9H,5-6H2,1-4H3. The Labute approximate surface area is 110 Å². The lowest BCUT2D eigenvalue weighted by Gasteiger charge is -2.25. The number of amides is 1. The number of carbonyl (C=O) groups is 1. The molecule has 0 bridgehead atoms. The van der Waals surface area contributed by atoms with Gasteiger partial charge in [-0.1, -0.05) is 13.8 Å². The first kappa shape index (κ1) is 13.7. The topological polar surface area (TPSA) is 20.3 Å². The molecular formula is C12H18BrNOS. The number of carbonyl (C=O) groups excluding carboxylic acids is 1. The molecule has 2 nitrogen and oxygen atoms in total. The third kappa shape index (κ3) is 2.86. The molecule has 1 aromatic rings. The van der Waals surface area contributed by atoms with Gasteiger partial charge in [-0.2, -0.15) is 0 Å². The van der Waals surface area contributed by atoms with Crippen molar-refractivity contribution in [2.24, 2.45) is 0 Å². The molecule has 0 aliphatic heterocycles. The van der Waals surface area contributed by atoms with E-state index < -0.39 is 0 Å². The third-order valence-electron chi connectivity index (χ3n) is 2.88. The number of thiophene rings is 1. The summed E-state index contributed by atoms with van der Waals surface area (Å²) in [4.78, 5) is 14.9. The molecule has 0 N–H and O–H groups in total. The molecule has 16 heavy (non-hydrogen) atoms. The number of hydrogen-bond acceptors (Lipinski definition) is 2. The second-order valence-corrected chi connectivity index (χ2v) is 6.32. The van der Waals surface area contributed by atoms with E-state index in [0.29, 0.717) is 6.04 Å². The summed E-state index contributed by atoms with van der Waals surface area (Å²) in [6.07, 6.45) is 2.01. The van der Waals surface area contributed by atoms with Crippen molar-refractivity contribution in [2.75, 3.05) is 7.05 Å². The molecule has 0 spiro atoms. The molecular weight excluding hydrogens is 286 g/mol. The molecule has 0 radical (unpaired) electrons. The lowest BCUT2D eigenvalue weighted by Crippen LogP contribution is -2.35. The Hall–Kier alpha value is -0.350. The highest BCUT2D eigenvalue weighted by molar-refractivity contribution is 9.11. The van der Waals surface area contributed by atoms with Gasteiger partial charge in [0.1, 0.15) is 0 Å². The van der Waals surface area contributed by atoms with Gasteiger partial charge in [-0.05, 0) is 47.3 Å². The second kappa shape index (κ2) is 5.82. The highest BCUT2D eigenvalue weighted by Crippen LogP contribution is 2.28. The van der Waals surface area contributed by atoms with E-state index in [0.717, 1.165) is 27.1 Å². The lowest BCUT2D eigenvalue weighted by molar-refractivity contribution is 0.0728. The van der Waals surface area contributed by atoms with E-state index in [9.17, 15) is 4.79 Å². The van der Waals surface area contributed by atoms with Crippen molar-refractivity contribution in [3.63, 3.8) is 0 Å².